The van der Waals surface area contributed by atoms with Crippen molar-refractivity contribution in [2.45, 2.75) is 6.92 Å². The third kappa shape index (κ3) is 3.82. The van der Waals surface area contributed by atoms with Gasteiger partial charge in [-0.1, -0.05) is 24.0 Å². The van der Waals surface area contributed by atoms with E-state index in [0.717, 1.165) is 0 Å². The summed E-state index contributed by atoms with van der Waals surface area (Å²) < 4.78 is 0. The molecule has 0 bridgehead atoms. The van der Waals surface area contributed by atoms with Gasteiger partial charge in [0.1, 0.15) is 6.61 Å². The minimum absolute atomic E-state index is 0.175. The van der Waals surface area contributed by atoms with E-state index in [-0.39, 0.29) is 12.6 Å². The molecule has 4 heteroatoms. The molecule has 0 saturated heterocycles. The summed E-state index contributed by atoms with van der Waals surface area (Å²) >= 11 is 0. The molecule has 4 nitrogen and oxygen atoms in total. The molecule has 0 atom stereocenters. The van der Waals surface area contributed by atoms with Crippen LogP contribution in [0.1, 0.15) is 12.5 Å². The molecule has 0 aliphatic rings. The number of nitrogens with zero attached hydrogens (tertiary/aromatic N) is 1. The normalized spacial score (nSPS) is 9.12. The Bertz CT molecular complexity index is 446. The van der Waals surface area contributed by atoms with E-state index in [1.165, 1.54) is 0 Å². The molecule has 0 unspecified atom stereocenters. The van der Waals surface area contributed by atoms with Crippen molar-refractivity contribution in [3.63, 3.8) is 0 Å². The molecule has 1 rings (SSSR count). The van der Waals surface area contributed by atoms with Gasteiger partial charge in [-0.05, 0) is 19.1 Å². The number of hydrogen-bond donors (Lipinski definition) is 2. The summed E-state index contributed by atoms with van der Waals surface area (Å²) in [4.78, 5) is 13.3. The average Bonchev–Trinajstić information content (AvgIpc) is 2.36. The Morgan fingerprint density at radius 3 is 2.82 bits per heavy atom. The van der Waals surface area contributed by atoms with Gasteiger partial charge in [0.05, 0.1) is 5.69 Å². The Balaban J connectivity index is 2.87. The smallest absolute Gasteiger partial charge is 0.321 e. The minimum Gasteiger partial charge on any atom is -0.384 e. The average molecular weight is 232 g/mol. The van der Waals surface area contributed by atoms with Crippen molar-refractivity contribution in [2.75, 3.05) is 25.5 Å². The lowest BCUT2D eigenvalue weighted by Gasteiger charge is -2.16. The molecule has 90 valence electrons. The number of amides is 2. The van der Waals surface area contributed by atoms with E-state index in [1.807, 2.05) is 19.1 Å². The summed E-state index contributed by atoms with van der Waals surface area (Å²) in [5.41, 5.74) is 1.35. The van der Waals surface area contributed by atoms with E-state index >= 15 is 0 Å². The summed E-state index contributed by atoms with van der Waals surface area (Å²) in [5.74, 6) is 5.35. The summed E-state index contributed by atoms with van der Waals surface area (Å²) in [6.45, 7) is 2.34. The van der Waals surface area contributed by atoms with Crippen LogP contribution in [0.3, 0.4) is 0 Å². The molecule has 1 aromatic rings. The predicted octanol–water partition coefficient (Wildman–Crippen LogP) is 1.51. The fraction of sp³-hybridized carbons (Fsp3) is 0.308. The zero-order chi connectivity index (χ0) is 12.7. The highest BCUT2D eigenvalue weighted by Crippen LogP contribution is 2.14. The standard InChI is InChI=1S/C13H16N2O2/c1-3-15(2)13(17)14-12-9-5-4-7-11(12)8-6-10-16/h4-5,7,9,16H,3,10H2,1-2H3,(H,14,17). The number of hydrogen-bond acceptors (Lipinski definition) is 2. The highest BCUT2D eigenvalue weighted by atomic mass is 16.2. The molecule has 0 spiro atoms. The molecule has 0 radical (unpaired) electrons. The molecule has 0 heterocycles. The molecule has 17 heavy (non-hydrogen) atoms. The van der Waals surface area contributed by atoms with Crippen LogP contribution in [-0.2, 0) is 0 Å². The topological polar surface area (TPSA) is 52.6 Å². The third-order valence-electron chi connectivity index (χ3n) is 2.29. The van der Waals surface area contributed by atoms with Gasteiger partial charge in [0.25, 0.3) is 0 Å². The van der Waals surface area contributed by atoms with Gasteiger partial charge in [-0.15, -0.1) is 0 Å². The van der Waals surface area contributed by atoms with E-state index < -0.39 is 0 Å². The van der Waals surface area contributed by atoms with Crippen molar-refractivity contribution in [3.05, 3.63) is 29.8 Å². The summed E-state index contributed by atoms with van der Waals surface area (Å²) in [7, 11) is 1.72. The van der Waals surface area contributed by atoms with Gasteiger partial charge in [0.15, 0.2) is 0 Å². The Morgan fingerprint density at radius 1 is 1.47 bits per heavy atom. The Hall–Kier alpha value is -1.99. The molecule has 0 saturated carbocycles. The zero-order valence-electron chi connectivity index (χ0n) is 10.0. The summed E-state index contributed by atoms with van der Waals surface area (Å²) in [6.07, 6.45) is 0. The van der Waals surface area contributed by atoms with Crippen LogP contribution in [0.5, 0.6) is 0 Å². The second-order valence-electron chi connectivity index (χ2n) is 3.45. The van der Waals surface area contributed by atoms with Crippen LogP contribution in [-0.4, -0.2) is 36.2 Å². The molecule has 0 aromatic heterocycles. The van der Waals surface area contributed by atoms with Crippen molar-refractivity contribution in [3.8, 4) is 11.8 Å². The lowest BCUT2D eigenvalue weighted by Crippen LogP contribution is -2.31. The highest BCUT2D eigenvalue weighted by Gasteiger charge is 2.08. The number of nitrogens with one attached hydrogen (secondary N) is 1. The number of carbonyl (C=O) groups excluding carboxylic acids is 1. The summed E-state index contributed by atoms with van der Waals surface area (Å²) in [5, 5.41) is 11.4. The Morgan fingerprint density at radius 2 is 2.18 bits per heavy atom. The maximum atomic E-state index is 11.7. The fourth-order valence-corrected chi connectivity index (χ4v) is 1.19. The van der Waals surface area contributed by atoms with Crippen LogP contribution in [0.15, 0.2) is 24.3 Å². The maximum Gasteiger partial charge on any atom is 0.321 e. The van der Waals surface area contributed by atoms with E-state index in [4.69, 9.17) is 5.11 Å². The van der Waals surface area contributed by atoms with Crippen LogP contribution in [0, 0.1) is 11.8 Å². The zero-order valence-corrected chi connectivity index (χ0v) is 10.0. The van der Waals surface area contributed by atoms with E-state index in [2.05, 4.69) is 17.2 Å². The first-order valence-electron chi connectivity index (χ1n) is 5.40. The van der Waals surface area contributed by atoms with Crippen LogP contribution in [0.4, 0.5) is 10.5 Å². The number of aliphatic hydroxyl groups is 1. The van der Waals surface area contributed by atoms with Gasteiger partial charge in [-0.2, -0.15) is 0 Å². The van der Waals surface area contributed by atoms with Gasteiger partial charge in [-0.3, -0.25) is 0 Å². The van der Waals surface area contributed by atoms with E-state index in [1.54, 1.807) is 24.1 Å². The first kappa shape index (κ1) is 13.1. The molecule has 0 aliphatic heterocycles. The summed E-state index contributed by atoms with van der Waals surface area (Å²) in [6, 6.07) is 7.06. The Labute approximate surface area is 101 Å². The predicted molar refractivity (Wildman–Crippen MR) is 67.7 cm³/mol. The molecule has 2 N–H and O–H groups in total. The van der Waals surface area contributed by atoms with Gasteiger partial charge in [0.2, 0.25) is 0 Å². The number of para-hydroxylation sites is 1. The fourth-order valence-electron chi connectivity index (χ4n) is 1.19. The monoisotopic (exact) mass is 232 g/mol. The molecular formula is C13H16N2O2. The molecular weight excluding hydrogens is 216 g/mol. The second kappa shape index (κ2) is 6.56. The van der Waals surface area contributed by atoms with E-state index in [0.29, 0.717) is 17.8 Å². The quantitative estimate of drug-likeness (QED) is 0.759. The van der Waals surface area contributed by atoms with Crippen LogP contribution >= 0.6 is 0 Å². The van der Waals surface area contributed by atoms with Gasteiger partial charge < -0.3 is 15.3 Å². The lowest BCUT2D eigenvalue weighted by atomic mass is 10.2. The van der Waals surface area contributed by atoms with Crippen molar-refractivity contribution >= 4 is 11.7 Å². The van der Waals surface area contributed by atoms with Gasteiger partial charge >= 0.3 is 6.03 Å². The first-order valence-corrected chi connectivity index (χ1v) is 5.40. The van der Waals surface area contributed by atoms with Crippen LogP contribution in [0.25, 0.3) is 0 Å². The van der Waals surface area contributed by atoms with Crippen molar-refractivity contribution < 1.29 is 9.90 Å². The van der Waals surface area contributed by atoms with Gasteiger partial charge in [0, 0.05) is 19.2 Å². The number of rotatable bonds is 2. The maximum absolute atomic E-state index is 11.7. The van der Waals surface area contributed by atoms with Crippen molar-refractivity contribution in [2.24, 2.45) is 0 Å². The van der Waals surface area contributed by atoms with E-state index in [9.17, 15) is 4.79 Å². The lowest BCUT2D eigenvalue weighted by molar-refractivity contribution is 0.224. The molecule has 0 aliphatic carbocycles. The number of carbonyl (C=O) groups is 1. The van der Waals surface area contributed by atoms with Gasteiger partial charge in [-0.25, -0.2) is 4.79 Å². The second-order valence-corrected chi connectivity index (χ2v) is 3.45. The number of aliphatic hydroxyl groups excluding tert-OH is 1. The van der Waals surface area contributed by atoms with Crippen LogP contribution in [0.2, 0.25) is 0 Å². The van der Waals surface area contributed by atoms with Crippen molar-refractivity contribution in [1.82, 2.24) is 4.90 Å². The Kier molecular flexibility index (Phi) is 5.05. The third-order valence-corrected chi connectivity index (χ3v) is 2.29. The SMILES string of the molecule is CCN(C)C(=O)Nc1ccccc1C#CCO. The largest absolute Gasteiger partial charge is 0.384 e. The minimum atomic E-state index is -0.197. The molecule has 2 amide bonds. The number of anilines is 1. The number of benzene rings is 1. The molecule has 0 fully saturated rings. The van der Waals surface area contributed by atoms with Crippen molar-refractivity contribution in [1.29, 1.82) is 0 Å². The first-order chi connectivity index (χ1) is 8.19. The molecule has 1 aromatic carbocycles. The van der Waals surface area contributed by atoms with Crippen LogP contribution < -0.4 is 5.32 Å². The highest BCUT2D eigenvalue weighted by molar-refractivity contribution is 5.90. The number of urea groups is 1.